The first-order chi connectivity index (χ1) is 23.2. The summed E-state index contributed by atoms with van der Waals surface area (Å²) >= 11 is 0. The van der Waals surface area contributed by atoms with Gasteiger partial charge >= 0.3 is 24.4 Å². The molecule has 0 spiro atoms. The van der Waals surface area contributed by atoms with Crippen LogP contribution in [0.1, 0.15) is 58.4 Å². The van der Waals surface area contributed by atoms with Crippen LogP contribution in [0.4, 0.5) is 44.8 Å². The predicted octanol–water partition coefficient (Wildman–Crippen LogP) is 7.72. The van der Waals surface area contributed by atoms with Crippen molar-refractivity contribution < 1.29 is 51.0 Å². The lowest BCUT2D eigenvalue weighted by Crippen LogP contribution is -2.44. The van der Waals surface area contributed by atoms with E-state index in [4.69, 9.17) is 18.7 Å². The number of carbonyl (C=O) groups excluding carboxylic acids is 3. The number of rotatable bonds is 7. The molecule has 0 radical (unpaired) electrons. The van der Waals surface area contributed by atoms with Gasteiger partial charge in [-0.15, -0.1) is 0 Å². The second kappa shape index (κ2) is 14.4. The van der Waals surface area contributed by atoms with Crippen LogP contribution in [0.3, 0.4) is 0 Å². The van der Waals surface area contributed by atoms with Crippen molar-refractivity contribution in [3.8, 4) is 17.1 Å². The number of anilines is 2. The fraction of sp³-hybridized carbons (Fsp3) is 0.364. The van der Waals surface area contributed by atoms with Gasteiger partial charge in [0, 0.05) is 17.3 Å². The van der Waals surface area contributed by atoms with Gasteiger partial charge in [0.15, 0.2) is 11.3 Å². The van der Waals surface area contributed by atoms with Crippen LogP contribution < -0.4 is 19.6 Å². The van der Waals surface area contributed by atoms with Gasteiger partial charge < -0.3 is 29.4 Å². The van der Waals surface area contributed by atoms with Gasteiger partial charge in [-0.1, -0.05) is 24.3 Å². The number of urea groups is 1. The van der Waals surface area contributed by atoms with E-state index in [9.17, 15) is 27.6 Å². The fourth-order valence-corrected chi connectivity index (χ4v) is 4.33. The van der Waals surface area contributed by atoms with Crippen molar-refractivity contribution in [3.05, 3.63) is 77.0 Å². The summed E-state index contributed by atoms with van der Waals surface area (Å²) in [5.41, 5.74) is -1.24. The average molecular weight is 700 g/mol. The molecule has 1 N–H and O–H groups in total. The summed E-state index contributed by atoms with van der Waals surface area (Å²) in [6.45, 7) is 11.2. The van der Waals surface area contributed by atoms with Gasteiger partial charge in [-0.3, -0.25) is 4.79 Å². The average Bonchev–Trinajstić information content (AvgIpc) is 3.41. The van der Waals surface area contributed by atoms with Gasteiger partial charge in [0.05, 0.1) is 24.1 Å². The Kier molecular flexibility index (Phi) is 10.7. The molecular formula is C33H36F3N7O7. The van der Waals surface area contributed by atoms with E-state index in [1.807, 2.05) is 31.2 Å². The Morgan fingerprint density at radius 1 is 0.960 bits per heavy atom. The lowest BCUT2D eigenvalue weighted by Gasteiger charge is -2.29. The number of methoxy groups -OCH3 is 1. The second-order valence-electron chi connectivity index (χ2n) is 12.9. The largest absolute Gasteiger partial charge is 0.467 e. The standard InChI is InChI=1S/C33H36F3N7O7/c1-19-25(16-37-28(38-19)47-8)21-11-9-20(10-12-21)17-42-18-26(50-41-42)40-27(44)39-23-13-22(33(34,35)36)14-24(15-23)43(29(45)48-31(2,3)4)30(46)49-32(5,6)7/h9-16,18H,17H2,1-8H3,(H-,39,40,41,44). The molecule has 17 heteroatoms. The number of ether oxygens (including phenoxy) is 3. The van der Waals surface area contributed by atoms with E-state index >= 15 is 0 Å². The Morgan fingerprint density at radius 3 is 2.12 bits per heavy atom. The van der Waals surface area contributed by atoms with Crippen LogP contribution in [0.15, 0.2) is 59.4 Å². The van der Waals surface area contributed by atoms with Crippen LogP contribution in [-0.2, 0) is 22.2 Å². The van der Waals surface area contributed by atoms with Crippen molar-refractivity contribution in [3.63, 3.8) is 0 Å². The van der Waals surface area contributed by atoms with E-state index in [1.54, 1.807) is 6.20 Å². The highest BCUT2D eigenvalue weighted by atomic mass is 19.4. The van der Waals surface area contributed by atoms with Gasteiger partial charge in [-0.25, -0.2) is 14.6 Å². The van der Waals surface area contributed by atoms with Crippen molar-refractivity contribution in [1.29, 1.82) is 0 Å². The first-order valence-corrected chi connectivity index (χ1v) is 15.1. The number of nitrogens with zero attached hydrogens (tertiary/aromatic N) is 6. The van der Waals surface area contributed by atoms with Crippen LogP contribution in [0.2, 0.25) is 0 Å². The first-order valence-electron chi connectivity index (χ1n) is 15.1. The molecule has 0 bridgehead atoms. The van der Waals surface area contributed by atoms with Crippen molar-refractivity contribution in [2.75, 3.05) is 17.3 Å². The minimum atomic E-state index is -4.93. The number of aromatic nitrogens is 4. The lowest BCUT2D eigenvalue weighted by molar-refractivity contribution is -0.754. The van der Waals surface area contributed by atoms with E-state index in [0.717, 1.165) is 28.5 Å². The number of benzene rings is 2. The summed E-state index contributed by atoms with van der Waals surface area (Å²) in [7, 11) is 1.49. The summed E-state index contributed by atoms with van der Waals surface area (Å²) in [4.78, 5) is 47.7. The molecule has 0 aliphatic rings. The maximum Gasteiger partial charge on any atom is 0.424 e. The van der Waals surface area contributed by atoms with E-state index < -0.39 is 52.5 Å². The molecule has 2 aromatic carbocycles. The number of aryl methyl sites for hydroxylation is 1. The quantitative estimate of drug-likeness (QED) is 0.189. The second-order valence-corrected chi connectivity index (χ2v) is 12.9. The Morgan fingerprint density at radius 2 is 1.58 bits per heavy atom. The molecule has 2 heterocycles. The topological polar surface area (TPSA) is 164 Å². The molecule has 0 aliphatic carbocycles. The Bertz CT molecular complexity index is 1840. The van der Waals surface area contributed by atoms with E-state index in [2.05, 4.69) is 25.9 Å². The molecule has 4 rings (SSSR count). The number of alkyl halides is 3. The normalized spacial score (nSPS) is 11.8. The molecule has 4 aromatic rings. The minimum absolute atomic E-state index is 0.237. The van der Waals surface area contributed by atoms with Crippen molar-refractivity contribution in [2.45, 2.75) is 72.4 Å². The highest BCUT2D eigenvalue weighted by molar-refractivity contribution is 6.10. The van der Waals surface area contributed by atoms with Gasteiger partial charge in [-0.05, 0) is 82.6 Å². The van der Waals surface area contributed by atoms with E-state index in [0.29, 0.717) is 17.0 Å². The lowest BCUT2D eigenvalue weighted by atomic mass is 10.0. The van der Waals surface area contributed by atoms with Crippen LogP contribution in [0.5, 0.6) is 6.01 Å². The molecular weight excluding hydrogens is 663 g/mol. The molecule has 0 unspecified atom stereocenters. The summed E-state index contributed by atoms with van der Waals surface area (Å²) in [5.74, 6) is -0.249. The zero-order valence-electron chi connectivity index (χ0n) is 28.6. The molecule has 0 aliphatic heterocycles. The highest BCUT2D eigenvalue weighted by Crippen LogP contribution is 2.36. The predicted molar refractivity (Wildman–Crippen MR) is 173 cm³/mol. The van der Waals surface area contributed by atoms with Gasteiger partial charge in [0.25, 0.3) is 0 Å². The molecule has 266 valence electrons. The van der Waals surface area contributed by atoms with Gasteiger partial charge in [0.1, 0.15) is 11.2 Å². The molecule has 0 saturated heterocycles. The van der Waals surface area contributed by atoms with Gasteiger partial charge in [0.2, 0.25) is 18.6 Å². The third-order valence-electron chi connectivity index (χ3n) is 6.37. The minimum Gasteiger partial charge on any atom is -0.467 e. The zero-order valence-corrected chi connectivity index (χ0v) is 28.6. The Balaban J connectivity index is 1.51. The van der Waals surface area contributed by atoms with Crippen LogP contribution in [0, 0.1) is 6.92 Å². The third-order valence-corrected chi connectivity index (χ3v) is 6.37. The zero-order chi connectivity index (χ0) is 37.0. The van der Waals surface area contributed by atoms with E-state index in [-0.39, 0.29) is 18.4 Å². The summed E-state index contributed by atoms with van der Waals surface area (Å²) in [6, 6.07) is 8.75. The highest BCUT2D eigenvalue weighted by Gasteiger charge is 2.36. The molecule has 2 aromatic heterocycles. The van der Waals surface area contributed by atoms with Gasteiger partial charge in [-0.2, -0.15) is 23.1 Å². The SMILES string of the molecule is COc1ncc(-c2ccc(C[n+]3cc([N-]C(=O)Nc4cc(N(C(=O)OC(C)(C)C)C(=O)OC(C)(C)C)cc(C(F)(F)F)c4)on3)cc2)c(C)n1. The van der Waals surface area contributed by atoms with Crippen molar-refractivity contribution in [1.82, 2.24) is 15.2 Å². The smallest absolute Gasteiger partial charge is 0.424 e. The third kappa shape index (κ3) is 10.1. The molecule has 14 nitrogen and oxygen atoms in total. The maximum absolute atomic E-state index is 14.0. The number of hydrogen-bond donors (Lipinski definition) is 1. The van der Waals surface area contributed by atoms with Crippen LogP contribution in [-0.4, -0.2) is 51.8 Å². The maximum atomic E-state index is 14.0. The molecule has 50 heavy (non-hydrogen) atoms. The van der Waals surface area contributed by atoms with E-state index in [1.165, 1.54) is 59.5 Å². The number of nitrogens with one attached hydrogen (secondary N) is 1. The van der Waals surface area contributed by atoms with Crippen LogP contribution >= 0.6 is 0 Å². The number of carbonyl (C=O) groups is 3. The number of halogens is 3. The Hall–Kier alpha value is -5.74. The van der Waals surface area contributed by atoms with Crippen LogP contribution in [0.25, 0.3) is 16.4 Å². The molecule has 0 fully saturated rings. The monoisotopic (exact) mass is 699 g/mol. The molecule has 0 saturated carbocycles. The summed E-state index contributed by atoms with van der Waals surface area (Å²) in [6.07, 6.45) is -4.54. The number of imide groups is 1. The summed E-state index contributed by atoms with van der Waals surface area (Å²) < 4.78 is 63.9. The molecule has 4 amide bonds. The summed E-state index contributed by atoms with van der Waals surface area (Å²) in [5, 5.41) is 9.78. The van der Waals surface area contributed by atoms with Crippen molar-refractivity contribution in [2.24, 2.45) is 0 Å². The fourth-order valence-electron chi connectivity index (χ4n) is 4.33. The number of amides is 4. The molecule has 0 atom stereocenters. The first kappa shape index (κ1) is 37.1. The Labute approximate surface area is 285 Å². The van der Waals surface area contributed by atoms with Crippen molar-refractivity contribution >= 4 is 35.5 Å². The number of hydrogen-bond acceptors (Lipinski definition) is 10.